The van der Waals surface area contributed by atoms with Crippen LogP contribution in [0.3, 0.4) is 0 Å². The molecule has 0 radical (unpaired) electrons. The van der Waals surface area contributed by atoms with Crippen molar-refractivity contribution < 1.29 is 90.4 Å². The zero-order valence-corrected chi connectivity index (χ0v) is 15.3. The van der Waals surface area contributed by atoms with Crippen LogP contribution in [0.5, 0.6) is 0 Å². The first-order valence-electron chi connectivity index (χ1n) is 5.86. The minimum Gasteiger partial charge on any atom is -0.539 e. The Bertz CT molecular complexity index is 531. The second-order valence-electron chi connectivity index (χ2n) is 3.77. The van der Waals surface area contributed by atoms with Gasteiger partial charge in [-0.15, -0.1) is 13.1 Å². The van der Waals surface area contributed by atoms with Crippen molar-refractivity contribution in [2.24, 2.45) is 0 Å². The average molecular weight is 424 g/mol. The van der Waals surface area contributed by atoms with E-state index in [4.69, 9.17) is 0 Å². The van der Waals surface area contributed by atoms with Gasteiger partial charge in [-0.1, -0.05) is 0 Å². The van der Waals surface area contributed by atoms with E-state index in [1.165, 1.54) is 0 Å². The van der Waals surface area contributed by atoms with E-state index in [9.17, 15) is 43.2 Å². The minimum absolute atomic E-state index is 0. The molecular weight excluding hydrogens is 412 g/mol. The molecule has 0 saturated carbocycles. The summed E-state index contributed by atoms with van der Waals surface area (Å²) in [5, 5.41) is 0. The molecule has 8 nitrogen and oxygen atoms in total. The molecule has 0 saturated heterocycles. The summed E-state index contributed by atoms with van der Waals surface area (Å²) in [6, 6.07) is 0. The second-order valence-corrected chi connectivity index (χ2v) is 7.11. The van der Waals surface area contributed by atoms with Crippen molar-refractivity contribution >= 4 is 20.0 Å². The van der Waals surface area contributed by atoms with Gasteiger partial charge in [-0.3, -0.25) is 0 Å². The summed E-state index contributed by atoms with van der Waals surface area (Å²) in [6.07, 6.45) is 0. The van der Waals surface area contributed by atoms with Gasteiger partial charge in [0.15, 0.2) is 20.0 Å². The number of rotatable bonds is 11. The van der Waals surface area contributed by atoms with Crippen LogP contribution in [0.2, 0.25) is 0 Å². The maximum Gasteiger partial charge on any atom is 1.00 e. The number of alkyl halides is 6. The molecule has 0 atom stereocenters. The maximum absolute atomic E-state index is 11.9. The van der Waals surface area contributed by atoms with Crippen LogP contribution in [-0.4, -0.2) is 67.4 Å². The van der Waals surface area contributed by atoms with Crippen LogP contribution < -0.4 is 37.7 Å². The summed E-state index contributed by atoms with van der Waals surface area (Å²) in [4.78, 5) is 0. The third-order valence-corrected chi connectivity index (χ3v) is 4.17. The predicted octanol–water partition coefficient (Wildman–Crippen LogP) is -4.53. The monoisotopic (exact) mass is 424 g/mol. The molecule has 0 N–H and O–H groups in total. The van der Waals surface area contributed by atoms with Gasteiger partial charge in [-0.05, 0) is 0 Å². The molecule has 0 aliphatic carbocycles. The van der Waals surface area contributed by atoms with Crippen LogP contribution in [0.25, 0.3) is 9.44 Å². The Morgan fingerprint density at radius 1 is 0.615 bits per heavy atom. The number of hydrogen-bond acceptors (Lipinski definition) is 6. The summed E-state index contributed by atoms with van der Waals surface area (Å²) in [7, 11) is -11.2. The summed E-state index contributed by atoms with van der Waals surface area (Å²) in [5.41, 5.74) is -11.0. The van der Waals surface area contributed by atoms with Gasteiger partial charge in [0.05, 0.1) is 13.2 Å². The fourth-order valence-electron chi connectivity index (χ4n) is 0.912. The van der Waals surface area contributed by atoms with E-state index in [0.29, 0.717) is 0 Å². The summed E-state index contributed by atoms with van der Waals surface area (Å²) in [5.74, 6) is 0. The van der Waals surface area contributed by atoms with Crippen molar-refractivity contribution in [2.75, 3.05) is 39.5 Å². The van der Waals surface area contributed by atoms with Crippen LogP contribution in [0, 0.1) is 0 Å². The van der Waals surface area contributed by atoms with Crippen LogP contribution in [0.1, 0.15) is 0 Å². The van der Waals surface area contributed by atoms with E-state index in [1.54, 1.807) is 0 Å². The van der Waals surface area contributed by atoms with Crippen molar-refractivity contribution in [3.8, 4) is 0 Å². The number of nitrogens with zero attached hydrogens (tertiary/aromatic N) is 2. The zero-order chi connectivity index (χ0) is 19.1. The quantitative estimate of drug-likeness (QED) is 0.188. The summed E-state index contributed by atoms with van der Waals surface area (Å²) < 4.78 is 127. The Morgan fingerprint density at radius 2 is 0.885 bits per heavy atom. The molecule has 0 unspecified atom stereocenters. The molecule has 0 aromatic heterocycles. The van der Waals surface area contributed by atoms with Gasteiger partial charge in [0.1, 0.15) is 0 Å². The van der Waals surface area contributed by atoms with E-state index in [1.807, 2.05) is 0 Å². The molecule has 146 valence electrons. The zero-order valence-electron chi connectivity index (χ0n) is 13.7. The molecule has 0 heterocycles. The van der Waals surface area contributed by atoms with Gasteiger partial charge in [0, 0.05) is 13.2 Å². The van der Waals surface area contributed by atoms with Crippen molar-refractivity contribution in [3.05, 3.63) is 9.44 Å². The van der Waals surface area contributed by atoms with Crippen molar-refractivity contribution in [3.63, 3.8) is 0 Å². The third kappa shape index (κ3) is 12.1. The molecule has 0 aliphatic rings. The van der Waals surface area contributed by atoms with Crippen LogP contribution in [-0.2, 0) is 29.5 Å². The van der Waals surface area contributed by atoms with Gasteiger partial charge >= 0.3 is 48.7 Å². The Hall–Kier alpha value is 0.515. The van der Waals surface area contributed by atoms with Gasteiger partial charge in [-0.2, -0.15) is 26.3 Å². The molecule has 0 amide bonds. The first kappa shape index (κ1) is 31.2. The smallest absolute Gasteiger partial charge is 0.539 e. The third-order valence-electron chi connectivity index (χ3n) is 1.95. The molecule has 18 heteroatoms. The van der Waals surface area contributed by atoms with Gasteiger partial charge in [0.25, 0.3) is 0 Å². The SMILES string of the molecule is O=S(=O)([N-]CCOCCOCC[N-]S(=O)(=O)C(F)(F)F)C(F)(F)F.[Li+].[Li+]. The van der Waals surface area contributed by atoms with Crippen molar-refractivity contribution in [1.82, 2.24) is 0 Å². The largest absolute Gasteiger partial charge is 1.00 e. The Balaban J connectivity index is -0.00000264. The van der Waals surface area contributed by atoms with Gasteiger partial charge < -0.3 is 18.9 Å². The van der Waals surface area contributed by atoms with Crippen LogP contribution >= 0.6 is 0 Å². The molecule has 0 spiro atoms. The topological polar surface area (TPSA) is 115 Å². The predicted molar refractivity (Wildman–Crippen MR) is 68.0 cm³/mol. The molecule has 0 aromatic rings. The van der Waals surface area contributed by atoms with Crippen LogP contribution in [0.15, 0.2) is 0 Å². The average Bonchev–Trinajstić information content (AvgIpc) is 2.38. The second kappa shape index (κ2) is 12.9. The molecule has 0 aromatic carbocycles. The number of hydrogen-bond donors (Lipinski definition) is 0. The fourth-order valence-corrected chi connectivity index (χ4v) is 1.83. The van der Waals surface area contributed by atoms with E-state index in [-0.39, 0.29) is 50.9 Å². The van der Waals surface area contributed by atoms with E-state index in [2.05, 4.69) is 18.9 Å². The maximum atomic E-state index is 11.9. The van der Waals surface area contributed by atoms with Crippen molar-refractivity contribution in [2.45, 2.75) is 11.0 Å². The Morgan fingerprint density at radius 3 is 1.12 bits per heavy atom. The normalized spacial score (nSPS) is 13.0. The van der Waals surface area contributed by atoms with E-state index < -0.39 is 57.4 Å². The van der Waals surface area contributed by atoms with Crippen LogP contribution in [0.4, 0.5) is 26.3 Å². The summed E-state index contributed by atoms with van der Waals surface area (Å²) in [6.45, 7) is -2.94. The molecule has 0 fully saturated rings. The van der Waals surface area contributed by atoms with Gasteiger partial charge in [0.2, 0.25) is 0 Å². The number of sulfonamides is 2. The van der Waals surface area contributed by atoms with E-state index >= 15 is 0 Å². The molecular formula is C8H12F6Li2N2O6S2. The Labute approximate surface area is 170 Å². The molecule has 0 bridgehead atoms. The molecule has 0 aliphatic heterocycles. The first-order chi connectivity index (χ1) is 10.7. The molecule has 0 rings (SSSR count). The van der Waals surface area contributed by atoms with Crippen molar-refractivity contribution in [1.29, 1.82) is 0 Å². The minimum atomic E-state index is -5.58. The Kier molecular flexibility index (Phi) is 15.5. The first-order valence-corrected chi connectivity index (χ1v) is 8.74. The summed E-state index contributed by atoms with van der Waals surface area (Å²) >= 11 is 0. The fraction of sp³-hybridized carbons (Fsp3) is 1.00. The standard InChI is InChI=1S/C8H12F6N2O6S2.2Li/c9-7(10,11)23(17,18)15-1-3-21-5-6-22-4-2-16-24(19,20)8(12,13)14;;/h1-6H2;;/q-2;2*+1. The number of halogens is 6. The number of ether oxygens (including phenoxy) is 2. The van der Waals surface area contributed by atoms with Gasteiger partial charge in [-0.25, -0.2) is 16.8 Å². The molecule has 26 heavy (non-hydrogen) atoms. The van der Waals surface area contributed by atoms with E-state index in [0.717, 1.165) is 0 Å².